The molecule has 3 heterocycles. The van der Waals surface area contributed by atoms with Gasteiger partial charge in [0.05, 0.1) is 56.3 Å². The summed E-state index contributed by atoms with van der Waals surface area (Å²) in [4.78, 5) is 88.7. The summed E-state index contributed by atoms with van der Waals surface area (Å²) in [5.41, 5.74) is 1.40. The summed E-state index contributed by atoms with van der Waals surface area (Å²) < 4.78 is 21.9. The van der Waals surface area contributed by atoms with Crippen LogP contribution in [0.25, 0.3) is 0 Å². The Kier molecular flexibility index (Phi) is 10.0. The summed E-state index contributed by atoms with van der Waals surface area (Å²) in [7, 11) is 0. The molecule has 15 heteroatoms. The van der Waals surface area contributed by atoms with Crippen LogP contribution in [-0.2, 0) is 23.8 Å². The van der Waals surface area contributed by atoms with Crippen LogP contribution in [0.5, 0.6) is 0 Å². The van der Waals surface area contributed by atoms with Crippen LogP contribution in [-0.4, -0.2) is 105 Å². The maximum absolute atomic E-state index is 13.1. The molecule has 254 valence electrons. The summed E-state index contributed by atoms with van der Waals surface area (Å²) in [5.74, 6) is -3.92. The van der Waals surface area contributed by atoms with E-state index in [0.29, 0.717) is 32.1 Å². The third-order valence-corrected chi connectivity index (χ3v) is 8.13. The largest absolute Gasteiger partial charge is 0.447 e. The summed E-state index contributed by atoms with van der Waals surface area (Å²) in [6.45, 7) is 2.16. The number of carbonyl (C=O) groups excluding carboxylic acids is 7. The smallest absolute Gasteiger partial charge is 0.287 e. The number of hydrogen-bond acceptors (Lipinski definition) is 12. The molecule has 49 heavy (non-hydrogen) atoms. The van der Waals surface area contributed by atoms with Gasteiger partial charge in [-0.25, -0.2) is 0 Å². The molecule has 2 aliphatic heterocycles. The summed E-state index contributed by atoms with van der Waals surface area (Å²) in [6.07, 6.45) is 0.129. The highest BCUT2D eigenvalue weighted by atomic mass is 16.5. The van der Waals surface area contributed by atoms with E-state index in [1.165, 1.54) is 12.1 Å². The lowest BCUT2D eigenvalue weighted by Gasteiger charge is -2.27. The van der Waals surface area contributed by atoms with Crippen LogP contribution in [0, 0.1) is 0 Å². The number of nitrogens with one attached hydrogen (secondary N) is 3. The number of hydrogen-bond donors (Lipinski definition) is 3. The van der Waals surface area contributed by atoms with Gasteiger partial charge in [0.1, 0.15) is 6.04 Å². The van der Waals surface area contributed by atoms with Crippen LogP contribution in [0.3, 0.4) is 0 Å². The van der Waals surface area contributed by atoms with Gasteiger partial charge in [-0.1, -0.05) is 30.3 Å². The molecule has 1 fully saturated rings. The summed E-state index contributed by atoms with van der Waals surface area (Å²) >= 11 is 0. The normalized spacial score (nSPS) is 16.7. The van der Waals surface area contributed by atoms with Crippen LogP contribution in [0.4, 0.5) is 5.69 Å². The Balaban J connectivity index is 0.827. The average Bonchev–Trinajstić information content (AvgIpc) is 3.66. The van der Waals surface area contributed by atoms with Gasteiger partial charge in [0, 0.05) is 42.4 Å². The quantitative estimate of drug-likeness (QED) is 0.121. The van der Waals surface area contributed by atoms with Crippen molar-refractivity contribution in [1.29, 1.82) is 0 Å². The van der Waals surface area contributed by atoms with E-state index in [1.807, 2.05) is 0 Å². The fraction of sp³-hybridized carbons (Fsp3) is 0.324. The molecule has 6 rings (SSSR count). The lowest BCUT2D eigenvalue weighted by molar-refractivity contribution is -0.136. The zero-order valence-electron chi connectivity index (χ0n) is 26.2. The highest BCUT2D eigenvalue weighted by Crippen LogP contribution is 2.32. The number of furan rings is 1. The van der Waals surface area contributed by atoms with E-state index in [-0.39, 0.29) is 84.3 Å². The minimum atomic E-state index is -1.03. The molecular formula is C34H32N4O11. The fourth-order valence-corrected chi connectivity index (χ4v) is 5.77. The summed E-state index contributed by atoms with van der Waals surface area (Å²) in [5, 5.41) is 7.91. The van der Waals surface area contributed by atoms with Crippen molar-refractivity contribution in [2.24, 2.45) is 0 Å². The second-order valence-corrected chi connectivity index (χ2v) is 11.3. The van der Waals surface area contributed by atoms with E-state index in [0.717, 1.165) is 4.90 Å². The number of ketones is 2. The monoisotopic (exact) mass is 672 g/mol. The van der Waals surface area contributed by atoms with Crippen molar-refractivity contribution < 1.29 is 52.2 Å². The van der Waals surface area contributed by atoms with Gasteiger partial charge in [-0.3, -0.25) is 43.8 Å². The lowest BCUT2D eigenvalue weighted by atomic mass is 9.89. The number of fused-ring (bicyclic) bond motifs is 3. The molecular weight excluding hydrogens is 640 g/mol. The number of anilines is 1. The van der Waals surface area contributed by atoms with Gasteiger partial charge in [-0.05, 0) is 18.6 Å². The van der Waals surface area contributed by atoms with Crippen LogP contribution in [0.15, 0.2) is 52.9 Å². The SMILES string of the molecule is O=C1CCC(N2C(=O)c3cccc(NCCOCCOCCOCCNC(=O)c4cc5c(o4)C(=O)c4ccccc4C5=O)c3C2=O)C(=O)N1. The second kappa shape index (κ2) is 14.7. The number of piperidine rings is 1. The number of rotatable bonds is 15. The van der Waals surface area contributed by atoms with E-state index in [1.54, 1.807) is 36.4 Å². The molecule has 5 amide bonds. The highest BCUT2D eigenvalue weighted by Gasteiger charge is 2.45. The van der Waals surface area contributed by atoms with Gasteiger partial charge < -0.3 is 29.3 Å². The molecule has 0 spiro atoms. The van der Waals surface area contributed by atoms with Crippen molar-refractivity contribution in [3.05, 3.63) is 87.9 Å². The van der Waals surface area contributed by atoms with Crippen molar-refractivity contribution >= 4 is 46.8 Å². The average molecular weight is 673 g/mol. The highest BCUT2D eigenvalue weighted by molar-refractivity contribution is 6.28. The Morgan fingerprint density at radius 3 is 2.14 bits per heavy atom. The number of imide groups is 2. The van der Waals surface area contributed by atoms with Crippen molar-refractivity contribution in [3.8, 4) is 0 Å². The molecule has 1 unspecified atom stereocenters. The van der Waals surface area contributed by atoms with Gasteiger partial charge in [-0.15, -0.1) is 0 Å². The molecule has 3 N–H and O–H groups in total. The molecule has 1 atom stereocenters. The lowest BCUT2D eigenvalue weighted by Crippen LogP contribution is -2.54. The van der Waals surface area contributed by atoms with Gasteiger partial charge >= 0.3 is 0 Å². The minimum Gasteiger partial charge on any atom is -0.447 e. The molecule has 1 saturated heterocycles. The molecule has 1 aromatic heterocycles. The minimum absolute atomic E-state index is 0.0465. The number of ether oxygens (including phenoxy) is 3. The van der Waals surface area contributed by atoms with E-state index >= 15 is 0 Å². The summed E-state index contributed by atoms with van der Waals surface area (Å²) in [6, 6.07) is 11.5. The van der Waals surface area contributed by atoms with Gasteiger partial charge in [0.25, 0.3) is 17.7 Å². The molecule has 2 aromatic carbocycles. The number of nitrogens with zero attached hydrogens (tertiary/aromatic N) is 1. The maximum atomic E-state index is 13.1. The van der Waals surface area contributed by atoms with Gasteiger partial charge in [0.2, 0.25) is 17.6 Å². The standard InChI is InChI=1S/C34H32N4O11/c39-26-9-8-24(31(42)37-26)38-33(44)21-6-3-7-23(27(21)34(38)45)35-10-12-46-14-16-48-17-15-47-13-11-36-32(43)25-18-22-28(40)19-4-1-2-5-20(19)29(41)30(22)49-25/h1-7,18,24,35H,8-17H2,(H,36,43)(H,37,39,42). The first-order valence-electron chi connectivity index (χ1n) is 15.7. The molecule has 3 aliphatic rings. The number of amides is 5. The first kappa shape index (κ1) is 33.4. The van der Waals surface area contributed by atoms with Crippen molar-refractivity contribution in [3.63, 3.8) is 0 Å². The van der Waals surface area contributed by atoms with Crippen LogP contribution in [0.2, 0.25) is 0 Å². The van der Waals surface area contributed by atoms with E-state index in [2.05, 4.69) is 16.0 Å². The molecule has 0 saturated carbocycles. The first-order valence-corrected chi connectivity index (χ1v) is 15.7. The maximum Gasteiger partial charge on any atom is 0.287 e. The topological polar surface area (TPSA) is 200 Å². The van der Waals surface area contributed by atoms with E-state index < -0.39 is 41.4 Å². The predicted octanol–water partition coefficient (Wildman–Crippen LogP) is 1.35. The predicted molar refractivity (Wildman–Crippen MR) is 168 cm³/mol. The van der Waals surface area contributed by atoms with Crippen molar-refractivity contribution in [2.75, 3.05) is 58.0 Å². The molecule has 0 radical (unpaired) electrons. The Bertz CT molecular complexity index is 1800. The zero-order valence-corrected chi connectivity index (χ0v) is 26.2. The molecule has 0 bridgehead atoms. The van der Waals surface area contributed by atoms with Gasteiger partial charge in [-0.2, -0.15) is 0 Å². The van der Waals surface area contributed by atoms with Crippen molar-refractivity contribution in [2.45, 2.75) is 18.9 Å². The van der Waals surface area contributed by atoms with Crippen molar-refractivity contribution in [1.82, 2.24) is 15.5 Å². The second-order valence-electron chi connectivity index (χ2n) is 11.3. The van der Waals surface area contributed by atoms with Crippen LogP contribution >= 0.6 is 0 Å². The molecule has 1 aliphatic carbocycles. The zero-order chi connectivity index (χ0) is 34.5. The molecule has 15 nitrogen and oxygen atoms in total. The first-order chi connectivity index (χ1) is 23.8. The molecule has 3 aromatic rings. The fourth-order valence-electron chi connectivity index (χ4n) is 5.77. The Morgan fingerprint density at radius 2 is 1.43 bits per heavy atom. The Morgan fingerprint density at radius 1 is 0.776 bits per heavy atom. The van der Waals surface area contributed by atoms with Crippen LogP contribution in [0.1, 0.15) is 76.2 Å². The number of carbonyl (C=O) groups is 7. The Hall–Kier alpha value is -5.51. The third-order valence-electron chi connectivity index (χ3n) is 8.13. The number of benzene rings is 2. The van der Waals surface area contributed by atoms with E-state index in [9.17, 15) is 33.6 Å². The third kappa shape index (κ3) is 6.90. The van der Waals surface area contributed by atoms with Crippen LogP contribution < -0.4 is 16.0 Å². The van der Waals surface area contributed by atoms with E-state index in [4.69, 9.17) is 18.6 Å². The van der Waals surface area contributed by atoms with Gasteiger partial charge in [0.15, 0.2) is 17.3 Å². The Labute approximate surface area is 279 Å².